The molecule has 1 aromatic heterocycles. The average Bonchev–Trinajstić information content (AvgIpc) is 2.77. The molecular weight excluding hydrogens is 429 g/mol. The summed E-state index contributed by atoms with van der Waals surface area (Å²) < 4.78 is 43.4. The van der Waals surface area contributed by atoms with E-state index < -0.39 is 21.1 Å². The van der Waals surface area contributed by atoms with Gasteiger partial charge in [0.1, 0.15) is 10.7 Å². The molecule has 6 nitrogen and oxygen atoms in total. The minimum absolute atomic E-state index is 0.0623. The van der Waals surface area contributed by atoms with Gasteiger partial charge in [0.25, 0.3) is 0 Å². The molecule has 0 atom stereocenters. The van der Waals surface area contributed by atoms with Crippen molar-refractivity contribution in [3.05, 3.63) is 63.7 Å². The first-order valence-corrected chi connectivity index (χ1v) is 12.2. The van der Waals surface area contributed by atoms with Gasteiger partial charge in [0, 0.05) is 39.4 Å². The van der Waals surface area contributed by atoms with Gasteiger partial charge in [-0.05, 0) is 49.7 Å². The summed E-state index contributed by atoms with van der Waals surface area (Å²) >= 11 is 0. The Labute approximate surface area is 187 Å². The molecule has 8 heteroatoms. The van der Waals surface area contributed by atoms with Crippen molar-refractivity contribution in [2.45, 2.75) is 30.6 Å². The largest absolute Gasteiger partial charge is 0.367 e. The summed E-state index contributed by atoms with van der Waals surface area (Å²) in [6.07, 6.45) is 1.35. The molecule has 0 amide bonds. The first-order chi connectivity index (χ1) is 15.1. The molecule has 2 heterocycles. The predicted octanol–water partition coefficient (Wildman–Crippen LogP) is 3.27. The number of aryl methyl sites for hydroxylation is 3. The number of hydrogen-bond acceptors (Lipinski definition) is 5. The van der Waals surface area contributed by atoms with Crippen molar-refractivity contribution >= 4 is 26.4 Å². The molecule has 170 valence electrons. The van der Waals surface area contributed by atoms with Crippen LogP contribution in [0.1, 0.15) is 18.1 Å². The fraction of sp³-hybridized carbons (Fsp3) is 0.375. The number of sulfone groups is 1. The molecule has 1 saturated heterocycles. The molecule has 1 fully saturated rings. The van der Waals surface area contributed by atoms with Crippen LogP contribution in [0.4, 0.5) is 10.1 Å². The third-order valence-electron chi connectivity index (χ3n) is 6.31. The minimum Gasteiger partial charge on any atom is -0.367 e. The van der Waals surface area contributed by atoms with E-state index in [0.717, 1.165) is 25.2 Å². The molecular formula is C24H28FN3O3S. The topological polar surface area (TPSA) is 62.6 Å². The Bertz CT molecular complexity index is 1360. The molecule has 0 unspecified atom stereocenters. The fourth-order valence-electron chi connectivity index (χ4n) is 4.32. The molecule has 0 saturated carbocycles. The minimum atomic E-state index is -4.06. The Hall–Kier alpha value is -2.71. The van der Waals surface area contributed by atoms with E-state index in [-0.39, 0.29) is 15.2 Å². The molecule has 4 rings (SSSR count). The van der Waals surface area contributed by atoms with Gasteiger partial charge < -0.3 is 14.4 Å². The smallest absolute Gasteiger partial charge is 0.212 e. The second-order valence-corrected chi connectivity index (χ2v) is 10.3. The third-order valence-corrected chi connectivity index (χ3v) is 8.20. The molecule has 32 heavy (non-hydrogen) atoms. The number of hydrogen-bond donors (Lipinski definition) is 0. The van der Waals surface area contributed by atoms with Gasteiger partial charge in [-0.2, -0.15) is 0 Å². The molecule has 0 aliphatic carbocycles. The van der Waals surface area contributed by atoms with Crippen LogP contribution in [0.5, 0.6) is 0 Å². The Kier molecular flexibility index (Phi) is 5.85. The Morgan fingerprint density at radius 2 is 1.69 bits per heavy atom. The third kappa shape index (κ3) is 3.82. The molecule has 0 N–H and O–H groups in total. The van der Waals surface area contributed by atoms with Crippen molar-refractivity contribution in [2.75, 3.05) is 37.6 Å². The second-order valence-electron chi connectivity index (χ2n) is 8.45. The number of pyridine rings is 1. The number of piperazine rings is 1. The second kappa shape index (κ2) is 8.33. The van der Waals surface area contributed by atoms with Crippen molar-refractivity contribution in [1.82, 2.24) is 9.47 Å². The van der Waals surface area contributed by atoms with Gasteiger partial charge in [-0.1, -0.05) is 19.1 Å². The normalized spacial score (nSPS) is 15.5. The van der Waals surface area contributed by atoms with Crippen LogP contribution in [-0.2, 0) is 16.9 Å². The predicted molar refractivity (Wildman–Crippen MR) is 125 cm³/mol. The first-order valence-electron chi connectivity index (χ1n) is 10.8. The monoisotopic (exact) mass is 457 g/mol. The van der Waals surface area contributed by atoms with E-state index in [2.05, 4.69) is 11.8 Å². The highest BCUT2D eigenvalue weighted by Gasteiger charge is 2.26. The van der Waals surface area contributed by atoms with Crippen molar-refractivity contribution in [3.8, 4) is 0 Å². The summed E-state index contributed by atoms with van der Waals surface area (Å²) in [7, 11) is -2.38. The van der Waals surface area contributed by atoms with Crippen molar-refractivity contribution in [1.29, 1.82) is 0 Å². The van der Waals surface area contributed by atoms with Gasteiger partial charge in [-0.3, -0.25) is 4.79 Å². The summed E-state index contributed by atoms with van der Waals surface area (Å²) in [5.74, 6) is -0.513. The van der Waals surface area contributed by atoms with Gasteiger partial charge in [-0.15, -0.1) is 0 Å². The van der Waals surface area contributed by atoms with Crippen LogP contribution in [0.15, 0.2) is 51.1 Å². The van der Waals surface area contributed by atoms with Crippen LogP contribution < -0.4 is 10.3 Å². The highest BCUT2D eigenvalue weighted by atomic mass is 32.2. The van der Waals surface area contributed by atoms with Gasteiger partial charge >= 0.3 is 0 Å². The van der Waals surface area contributed by atoms with E-state index in [9.17, 15) is 13.2 Å². The molecule has 3 aromatic rings. The lowest BCUT2D eigenvalue weighted by atomic mass is 10.1. The maximum absolute atomic E-state index is 15.1. The highest BCUT2D eigenvalue weighted by Crippen LogP contribution is 2.28. The van der Waals surface area contributed by atoms with Gasteiger partial charge in [0.05, 0.1) is 21.5 Å². The number of fused-ring (bicyclic) bond motifs is 1. The van der Waals surface area contributed by atoms with Crippen molar-refractivity contribution in [3.63, 3.8) is 0 Å². The summed E-state index contributed by atoms with van der Waals surface area (Å²) in [6.45, 7) is 9.65. The van der Waals surface area contributed by atoms with Gasteiger partial charge in [0.15, 0.2) is 0 Å². The van der Waals surface area contributed by atoms with Crippen molar-refractivity contribution < 1.29 is 12.8 Å². The molecule has 0 bridgehead atoms. The lowest BCUT2D eigenvalue weighted by molar-refractivity contribution is 0.270. The lowest BCUT2D eigenvalue weighted by Gasteiger charge is -2.35. The molecule has 2 aromatic carbocycles. The van der Waals surface area contributed by atoms with Crippen LogP contribution in [0, 0.1) is 19.7 Å². The van der Waals surface area contributed by atoms with E-state index in [1.807, 2.05) is 11.0 Å². The van der Waals surface area contributed by atoms with E-state index >= 15 is 4.39 Å². The van der Waals surface area contributed by atoms with Crippen LogP contribution in [-0.4, -0.2) is 50.6 Å². The zero-order valence-electron chi connectivity index (χ0n) is 18.9. The average molecular weight is 458 g/mol. The number of likely N-dealkylation sites (N-methyl/N-ethyl adjacent to an activating group) is 1. The van der Waals surface area contributed by atoms with Crippen LogP contribution >= 0.6 is 0 Å². The van der Waals surface area contributed by atoms with Crippen LogP contribution in [0.25, 0.3) is 10.9 Å². The summed E-state index contributed by atoms with van der Waals surface area (Å²) in [5.41, 5.74) is 1.61. The lowest BCUT2D eigenvalue weighted by Crippen LogP contribution is -2.46. The van der Waals surface area contributed by atoms with E-state index in [1.165, 1.54) is 12.3 Å². The summed E-state index contributed by atoms with van der Waals surface area (Å²) in [6, 6.07) is 7.94. The zero-order chi connectivity index (χ0) is 23.2. The first kappa shape index (κ1) is 22.5. The SMILES string of the molecule is CCN1CCN(c2cc3c(cc2F)c(=O)c(S(=O)(=O)c2cc(C)ccc2C)cn3C)CC1. The Balaban J connectivity index is 1.84. The maximum atomic E-state index is 15.1. The molecule has 1 aliphatic heterocycles. The maximum Gasteiger partial charge on any atom is 0.212 e. The Morgan fingerprint density at radius 1 is 1.00 bits per heavy atom. The Morgan fingerprint density at radius 3 is 2.34 bits per heavy atom. The summed E-state index contributed by atoms with van der Waals surface area (Å²) in [5, 5.41) is 0.0623. The summed E-state index contributed by atoms with van der Waals surface area (Å²) in [4.78, 5) is 17.3. The van der Waals surface area contributed by atoms with Crippen LogP contribution in [0.2, 0.25) is 0 Å². The van der Waals surface area contributed by atoms with Gasteiger partial charge in [0.2, 0.25) is 15.3 Å². The number of nitrogens with zero attached hydrogens (tertiary/aromatic N) is 3. The van der Waals surface area contributed by atoms with Crippen molar-refractivity contribution in [2.24, 2.45) is 7.05 Å². The molecule has 1 aliphatic rings. The zero-order valence-corrected chi connectivity index (χ0v) is 19.7. The number of rotatable bonds is 4. The number of aromatic nitrogens is 1. The fourth-order valence-corrected chi connectivity index (χ4v) is 6.04. The van der Waals surface area contributed by atoms with Crippen LogP contribution in [0.3, 0.4) is 0 Å². The van der Waals surface area contributed by atoms with E-state index in [4.69, 9.17) is 0 Å². The highest BCUT2D eigenvalue weighted by molar-refractivity contribution is 7.91. The van der Waals surface area contributed by atoms with E-state index in [1.54, 1.807) is 43.7 Å². The quantitative estimate of drug-likeness (QED) is 0.602. The number of benzene rings is 2. The standard InChI is InChI=1S/C24H28FN3O3S/c1-5-27-8-10-28(11-9-27)21-14-20-18(13-19(21)25)24(29)23(15-26(20)4)32(30,31)22-12-16(2)6-7-17(22)3/h6-7,12-15H,5,8-11H2,1-4H3. The molecule has 0 radical (unpaired) electrons. The number of anilines is 1. The number of halogens is 1. The van der Waals surface area contributed by atoms with Gasteiger partial charge in [-0.25, -0.2) is 12.8 Å². The molecule has 0 spiro atoms. The van der Waals surface area contributed by atoms with E-state index in [0.29, 0.717) is 29.9 Å².